The molecular weight excluding hydrogens is 200 g/mol. The number of hydrogen-bond acceptors (Lipinski definition) is 2. The van der Waals surface area contributed by atoms with Crippen LogP contribution >= 0.6 is 0 Å². The number of esters is 1. The zero-order valence-electron chi connectivity index (χ0n) is 11.0. The van der Waals surface area contributed by atoms with E-state index >= 15 is 0 Å². The van der Waals surface area contributed by atoms with Crippen LogP contribution in [0.25, 0.3) is 0 Å². The SMILES string of the molecule is CCCCCCC#CC(OC(C)=O)C(C)C. The van der Waals surface area contributed by atoms with E-state index in [2.05, 4.69) is 18.8 Å². The first kappa shape index (κ1) is 15.0. The molecule has 0 fully saturated rings. The van der Waals surface area contributed by atoms with E-state index in [1.807, 2.05) is 13.8 Å². The van der Waals surface area contributed by atoms with E-state index in [4.69, 9.17) is 4.74 Å². The molecule has 0 amide bonds. The average molecular weight is 224 g/mol. The van der Waals surface area contributed by atoms with Crippen LogP contribution in [0.3, 0.4) is 0 Å². The lowest BCUT2D eigenvalue weighted by atomic mass is 10.1. The predicted molar refractivity (Wildman–Crippen MR) is 66.9 cm³/mol. The molecule has 0 aliphatic rings. The van der Waals surface area contributed by atoms with Crippen LogP contribution in [0, 0.1) is 17.8 Å². The third-order valence-electron chi connectivity index (χ3n) is 2.30. The molecule has 2 nitrogen and oxygen atoms in total. The minimum absolute atomic E-state index is 0.247. The van der Waals surface area contributed by atoms with Gasteiger partial charge in [-0.15, -0.1) is 0 Å². The van der Waals surface area contributed by atoms with Crippen LogP contribution in [0.1, 0.15) is 59.8 Å². The molecule has 0 aliphatic carbocycles. The Bertz CT molecular complexity index is 245. The number of carbonyl (C=O) groups is 1. The maximum absolute atomic E-state index is 10.8. The van der Waals surface area contributed by atoms with Gasteiger partial charge in [-0.05, 0) is 6.42 Å². The minimum Gasteiger partial charge on any atom is -0.449 e. The molecular formula is C14H24O2. The van der Waals surface area contributed by atoms with Crippen molar-refractivity contribution in [1.82, 2.24) is 0 Å². The van der Waals surface area contributed by atoms with Gasteiger partial charge in [0.25, 0.3) is 0 Å². The second kappa shape index (κ2) is 9.27. The van der Waals surface area contributed by atoms with Crippen LogP contribution < -0.4 is 0 Å². The summed E-state index contributed by atoms with van der Waals surface area (Å²) in [5, 5.41) is 0. The Balaban J connectivity index is 3.89. The van der Waals surface area contributed by atoms with Crippen molar-refractivity contribution in [3.05, 3.63) is 0 Å². The number of carbonyl (C=O) groups excluding carboxylic acids is 1. The molecule has 0 radical (unpaired) electrons. The van der Waals surface area contributed by atoms with Crippen LogP contribution in [0.4, 0.5) is 0 Å². The molecule has 0 rings (SSSR count). The molecule has 16 heavy (non-hydrogen) atoms. The standard InChI is InChI=1S/C14H24O2/c1-5-6-7-8-9-10-11-14(12(2)3)16-13(4)15/h12,14H,5-9H2,1-4H3. The van der Waals surface area contributed by atoms with Gasteiger partial charge in [-0.3, -0.25) is 4.79 Å². The molecule has 0 saturated heterocycles. The van der Waals surface area contributed by atoms with Crippen molar-refractivity contribution in [1.29, 1.82) is 0 Å². The van der Waals surface area contributed by atoms with Gasteiger partial charge in [0.05, 0.1) is 0 Å². The zero-order chi connectivity index (χ0) is 12.4. The lowest BCUT2D eigenvalue weighted by Gasteiger charge is -2.14. The molecule has 2 heteroatoms. The van der Waals surface area contributed by atoms with Crippen molar-refractivity contribution in [3.63, 3.8) is 0 Å². The van der Waals surface area contributed by atoms with Gasteiger partial charge in [-0.25, -0.2) is 0 Å². The van der Waals surface area contributed by atoms with E-state index in [0.29, 0.717) is 0 Å². The number of rotatable bonds is 6. The van der Waals surface area contributed by atoms with Gasteiger partial charge < -0.3 is 4.74 Å². The first-order valence-corrected chi connectivity index (χ1v) is 6.23. The van der Waals surface area contributed by atoms with Crippen molar-refractivity contribution in [2.75, 3.05) is 0 Å². The first-order valence-electron chi connectivity index (χ1n) is 6.23. The second-order valence-corrected chi connectivity index (χ2v) is 4.41. The van der Waals surface area contributed by atoms with Crippen LogP contribution in [0.2, 0.25) is 0 Å². The number of unbranched alkanes of at least 4 members (excludes halogenated alkanes) is 4. The minimum atomic E-state index is -0.251. The highest BCUT2D eigenvalue weighted by atomic mass is 16.5. The maximum Gasteiger partial charge on any atom is 0.303 e. The Labute approximate surface area is 99.8 Å². The molecule has 0 N–H and O–H groups in total. The molecule has 0 spiro atoms. The summed E-state index contributed by atoms with van der Waals surface area (Å²) in [6, 6.07) is 0. The highest BCUT2D eigenvalue weighted by Crippen LogP contribution is 2.06. The summed E-state index contributed by atoms with van der Waals surface area (Å²) in [5.41, 5.74) is 0. The Hall–Kier alpha value is -0.970. The van der Waals surface area contributed by atoms with E-state index in [1.54, 1.807) is 0 Å². The fraction of sp³-hybridized carbons (Fsp3) is 0.786. The molecule has 1 unspecified atom stereocenters. The molecule has 0 aromatic heterocycles. The van der Waals surface area contributed by atoms with Gasteiger partial charge in [0.15, 0.2) is 6.10 Å². The third-order valence-corrected chi connectivity index (χ3v) is 2.30. The van der Waals surface area contributed by atoms with Crippen molar-refractivity contribution in [2.24, 2.45) is 5.92 Å². The summed E-state index contributed by atoms with van der Waals surface area (Å²) in [6.45, 7) is 7.65. The van der Waals surface area contributed by atoms with Crippen LogP contribution in [-0.4, -0.2) is 12.1 Å². The van der Waals surface area contributed by atoms with Crippen LogP contribution in [-0.2, 0) is 9.53 Å². The molecule has 0 aromatic carbocycles. The van der Waals surface area contributed by atoms with Crippen molar-refractivity contribution in [3.8, 4) is 11.8 Å². The predicted octanol–water partition coefficient (Wildman–Crippen LogP) is 3.55. The zero-order valence-corrected chi connectivity index (χ0v) is 11.0. The molecule has 0 heterocycles. The summed E-state index contributed by atoms with van der Waals surface area (Å²) in [5.74, 6) is 6.14. The highest BCUT2D eigenvalue weighted by Gasteiger charge is 2.12. The van der Waals surface area contributed by atoms with Crippen molar-refractivity contribution < 1.29 is 9.53 Å². The van der Waals surface area contributed by atoms with Gasteiger partial charge in [0.1, 0.15) is 0 Å². The topological polar surface area (TPSA) is 26.3 Å². The monoisotopic (exact) mass is 224 g/mol. The number of hydrogen-bond donors (Lipinski definition) is 0. The highest BCUT2D eigenvalue weighted by molar-refractivity contribution is 5.66. The van der Waals surface area contributed by atoms with E-state index < -0.39 is 0 Å². The van der Waals surface area contributed by atoms with Crippen molar-refractivity contribution in [2.45, 2.75) is 65.9 Å². The van der Waals surface area contributed by atoms with E-state index in [-0.39, 0.29) is 18.0 Å². The van der Waals surface area contributed by atoms with Crippen LogP contribution in [0.15, 0.2) is 0 Å². The normalized spacial score (nSPS) is 11.8. The molecule has 0 aliphatic heterocycles. The Morgan fingerprint density at radius 3 is 2.44 bits per heavy atom. The summed E-state index contributed by atoms with van der Waals surface area (Å²) in [4.78, 5) is 10.8. The molecule has 0 saturated carbocycles. The average Bonchev–Trinajstić information content (AvgIpc) is 2.20. The summed E-state index contributed by atoms with van der Waals surface area (Å²) >= 11 is 0. The lowest BCUT2D eigenvalue weighted by molar-refractivity contribution is -0.145. The fourth-order valence-electron chi connectivity index (χ4n) is 1.32. The van der Waals surface area contributed by atoms with Gasteiger partial charge in [0.2, 0.25) is 0 Å². The first-order chi connectivity index (χ1) is 7.57. The second-order valence-electron chi connectivity index (χ2n) is 4.41. The Kier molecular flexibility index (Phi) is 8.71. The number of ether oxygens (including phenoxy) is 1. The summed E-state index contributed by atoms with van der Waals surface area (Å²) in [6.07, 6.45) is 5.57. The van der Waals surface area contributed by atoms with Gasteiger partial charge in [-0.2, -0.15) is 0 Å². The smallest absolute Gasteiger partial charge is 0.303 e. The maximum atomic E-state index is 10.8. The van der Waals surface area contributed by atoms with E-state index in [9.17, 15) is 4.79 Å². The van der Waals surface area contributed by atoms with Gasteiger partial charge in [-0.1, -0.05) is 51.9 Å². The summed E-state index contributed by atoms with van der Waals surface area (Å²) < 4.78 is 5.13. The lowest BCUT2D eigenvalue weighted by Crippen LogP contribution is -2.20. The Morgan fingerprint density at radius 2 is 1.94 bits per heavy atom. The molecule has 1 atom stereocenters. The molecule has 0 bridgehead atoms. The largest absolute Gasteiger partial charge is 0.449 e. The van der Waals surface area contributed by atoms with Gasteiger partial charge >= 0.3 is 5.97 Å². The molecule has 0 aromatic rings. The van der Waals surface area contributed by atoms with Crippen molar-refractivity contribution >= 4 is 5.97 Å². The molecule has 92 valence electrons. The van der Waals surface area contributed by atoms with Gasteiger partial charge in [0, 0.05) is 19.3 Å². The third kappa shape index (κ3) is 8.35. The summed E-state index contributed by atoms with van der Waals surface area (Å²) in [7, 11) is 0. The fourth-order valence-corrected chi connectivity index (χ4v) is 1.32. The Morgan fingerprint density at radius 1 is 1.25 bits per heavy atom. The van der Waals surface area contributed by atoms with E-state index in [1.165, 1.54) is 26.2 Å². The van der Waals surface area contributed by atoms with Crippen LogP contribution in [0.5, 0.6) is 0 Å². The quantitative estimate of drug-likeness (QED) is 0.392. The van der Waals surface area contributed by atoms with E-state index in [0.717, 1.165) is 12.8 Å².